The minimum atomic E-state index is -3.24. The van der Waals surface area contributed by atoms with Crippen molar-refractivity contribution in [1.82, 2.24) is 19.5 Å². The van der Waals surface area contributed by atoms with Crippen molar-refractivity contribution >= 4 is 31.3 Å². The van der Waals surface area contributed by atoms with Gasteiger partial charge in [0.1, 0.15) is 18.0 Å². The summed E-state index contributed by atoms with van der Waals surface area (Å²) >= 11 is 0. The predicted molar refractivity (Wildman–Crippen MR) is 118 cm³/mol. The molecule has 2 aromatic heterocycles. The van der Waals surface area contributed by atoms with Crippen LogP contribution in [-0.4, -0.2) is 55.5 Å². The molecule has 3 aromatic rings. The molecular weight excluding hydrogens is 472 g/mol. The lowest BCUT2D eigenvalue weighted by Gasteiger charge is -2.21. The molecule has 1 fully saturated rings. The van der Waals surface area contributed by atoms with E-state index in [0.29, 0.717) is 0 Å². The van der Waals surface area contributed by atoms with Crippen LogP contribution in [-0.2, 0) is 18.6 Å². The Kier molecular flexibility index (Phi) is 7.08. The summed E-state index contributed by atoms with van der Waals surface area (Å²) in [5.74, 6) is -0.623. The number of H-pyrrole nitrogens is 1. The van der Waals surface area contributed by atoms with Gasteiger partial charge in [-0.25, -0.2) is 13.9 Å². The number of amides is 1. The summed E-state index contributed by atoms with van der Waals surface area (Å²) in [4.78, 5) is 35.1. The van der Waals surface area contributed by atoms with Gasteiger partial charge in [-0.2, -0.15) is 4.98 Å². The number of rotatable bonds is 8. The number of aromatic amines is 1. The first kappa shape index (κ1) is 24.0. The molecule has 5 atom stereocenters. The standard InChI is InChI=1S/C20H23FN5O7P/c1-10(2)17(28)24-20-23-16-14(18(29)25-20)22-9-26(16)19-15(13(21)12(8-27)31-19)33-34(30)32-11-6-4-3-5-7-11/h3-7,9-10,12-13,15,19,27,34H,8H2,1-2H3,(H2,23,24,25,28,29)/t12-,13-,15-,19-/m1/s1. The summed E-state index contributed by atoms with van der Waals surface area (Å²) in [7, 11) is -3.24. The van der Waals surface area contributed by atoms with Crippen LogP contribution in [0.15, 0.2) is 41.5 Å². The number of imidazole rings is 1. The molecule has 1 unspecified atom stereocenters. The predicted octanol–water partition coefficient (Wildman–Crippen LogP) is 1.80. The lowest BCUT2D eigenvalue weighted by atomic mass is 10.1. The van der Waals surface area contributed by atoms with Crippen LogP contribution in [0.5, 0.6) is 5.75 Å². The van der Waals surface area contributed by atoms with Gasteiger partial charge < -0.3 is 14.4 Å². The van der Waals surface area contributed by atoms with E-state index < -0.39 is 45.0 Å². The zero-order valence-electron chi connectivity index (χ0n) is 18.2. The summed E-state index contributed by atoms with van der Waals surface area (Å²) < 4.78 is 45.0. The number of ether oxygens (including phenoxy) is 1. The lowest BCUT2D eigenvalue weighted by molar-refractivity contribution is -0.118. The first-order valence-electron chi connectivity index (χ1n) is 10.4. The Hall–Kier alpha value is -3.12. The van der Waals surface area contributed by atoms with E-state index in [1.807, 2.05) is 0 Å². The van der Waals surface area contributed by atoms with Gasteiger partial charge >= 0.3 is 8.25 Å². The normalized spacial score (nSPS) is 23.3. The zero-order chi connectivity index (χ0) is 24.4. The fourth-order valence-corrected chi connectivity index (χ4v) is 4.19. The Morgan fingerprint density at radius 2 is 2.12 bits per heavy atom. The molecule has 1 aromatic carbocycles. The molecule has 182 valence electrons. The molecule has 12 nitrogen and oxygen atoms in total. The highest BCUT2D eigenvalue weighted by Crippen LogP contribution is 2.41. The Morgan fingerprint density at radius 3 is 2.79 bits per heavy atom. The third kappa shape index (κ3) is 4.87. The number of alkyl halides is 1. The molecule has 0 radical (unpaired) electrons. The van der Waals surface area contributed by atoms with Gasteiger partial charge in [0.2, 0.25) is 11.9 Å². The number of aromatic nitrogens is 4. The van der Waals surface area contributed by atoms with E-state index in [-0.39, 0.29) is 34.7 Å². The number of aliphatic hydroxyl groups is 1. The highest BCUT2D eigenvalue weighted by molar-refractivity contribution is 7.33. The van der Waals surface area contributed by atoms with Crippen LogP contribution >= 0.6 is 8.25 Å². The Labute approximate surface area is 193 Å². The quantitative estimate of drug-likeness (QED) is 0.396. The van der Waals surface area contributed by atoms with Gasteiger partial charge in [0.05, 0.1) is 12.9 Å². The maximum atomic E-state index is 15.0. The average molecular weight is 495 g/mol. The molecule has 4 rings (SSSR count). The van der Waals surface area contributed by atoms with Crippen molar-refractivity contribution in [3.8, 4) is 5.75 Å². The zero-order valence-corrected chi connectivity index (χ0v) is 19.2. The van der Waals surface area contributed by atoms with Crippen LogP contribution in [0.2, 0.25) is 0 Å². The van der Waals surface area contributed by atoms with Gasteiger partial charge in [0, 0.05) is 5.92 Å². The van der Waals surface area contributed by atoms with Crippen LogP contribution in [0.3, 0.4) is 0 Å². The van der Waals surface area contributed by atoms with E-state index in [2.05, 4.69) is 20.3 Å². The van der Waals surface area contributed by atoms with Crippen molar-refractivity contribution in [2.45, 2.75) is 38.5 Å². The topological polar surface area (TPSA) is 158 Å². The van der Waals surface area contributed by atoms with Crippen molar-refractivity contribution in [2.75, 3.05) is 11.9 Å². The minimum absolute atomic E-state index is 0.0316. The molecule has 1 saturated heterocycles. The molecule has 3 N–H and O–H groups in total. The van der Waals surface area contributed by atoms with Gasteiger partial charge in [-0.3, -0.25) is 29.0 Å². The van der Waals surface area contributed by atoms with Crippen LogP contribution < -0.4 is 15.4 Å². The van der Waals surface area contributed by atoms with Crippen molar-refractivity contribution in [1.29, 1.82) is 0 Å². The van der Waals surface area contributed by atoms with Crippen molar-refractivity contribution < 1.29 is 32.6 Å². The third-order valence-corrected chi connectivity index (χ3v) is 5.96. The number of benzene rings is 1. The highest BCUT2D eigenvalue weighted by atomic mass is 31.1. The van der Waals surface area contributed by atoms with Crippen molar-refractivity contribution in [2.24, 2.45) is 5.92 Å². The van der Waals surface area contributed by atoms with Gasteiger partial charge in [0.15, 0.2) is 23.6 Å². The molecule has 0 aliphatic carbocycles. The second-order valence-corrected chi connectivity index (χ2v) is 8.76. The number of carbonyl (C=O) groups excluding carboxylic acids is 1. The van der Waals surface area contributed by atoms with E-state index in [0.717, 1.165) is 0 Å². The number of fused-ring (bicyclic) bond motifs is 1. The second-order valence-electron chi connectivity index (χ2n) is 7.82. The summed E-state index contributed by atoms with van der Waals surface area (Å²) in [6.45, 7) is 2.66. The highest BCUT2D eigenvalue weighted by Gasteiger charge is 2.48. The monoisotopic (exact) mass is 495 g/mol. The smallest absolute Gasteiger partial charge is 0.368 e. The Bertz CT molecular complexity index is 1250. The van der Waals surface area contributed by atoms with Crippen molar-refractivity contribution in [3.05, 3.63) is 47.0 Å². The van der Waals surface area contributed by atoms with E-state index in [1.54, 1.807) is 44.2 Å². The maximum absolute atomic E-state index is 15.0. The summed E-state index contributed by atoms with van der Waals surface area (Å²) in [6.07, 6.45) is -4.74. The number of halogens is 1. The molecule has 0 bridgehead atoms. The maximum Gasteiger partial charge on any atom is 0.368 e. The second kappa shape index (κ2) is 10.0. The van der Waals surface area contributed by atoms with Crippen molar-refractivity contribution in [3.63, 3.8) is 0 Å². The van der Waals surface area contributed by atoms with Crippen LogP contribution in [0.25, 0.3) is 11.2 Å². The average Bonchev–Trinajstić information content (AvgIpc) is 3.35. The summed E-state index contributed by atoms with van der Waals surface area (Å²) in [6, 6.07) is 8.20. The van der Waals surface area contributed by atoms with Gasteiger partial charge in [0.25, 0.3) is 5.56 Å². The fraction of sp³-hybridized carbons (Fsp3) is 0.400. The first-order chi connectivity index (χ1) is 16.3. The fourth-order valence-electron chi connectivity index (χ4n) is 3.34. The number of hydrogen-bond acceptors (Lipinski definition) is 9. The number of nitrogens with zero attached hydrogens (tertiary/aromatic N) is 3. The molecule has 14 heteroatoms. The lowest BCUT2D eigenvalue weighted by Crippen LogP contribution is -2.31. The number of aliphatic hydroxyl groups excluding tert-OH is 1. The third-order valence-electron chi connectivity index (χ3n) is 5.09. The van der Waals surface area contributed by atoms with E-state index in [9.17, 15) is 19.3 Å². The number of carbonyl (C=O) groups is 1. The SMILES string of the molecule is CC(C)C(=O)Nc1nc2c(ncn2[C@@H]2O[C@H](CO)[C@@H](F)[C@H]2O[PH](=O)Oc2ccccc2)c(=O)[nH]1. The molecule has 1 aliphatic rings. The number of anilines is 1. The molecule has 0 saturated carbocycles. The molecule has 3 heterocycles. The molecular formula is C20H23FN5O7P. The minimum Gasteiger partial charge on any atom is -0.426 e. The Balaban J connectivity index is 1.65. The van der Waals surface area contributed by atoms with E-state index >= 15 is 4.39 Å². The van der Waals surface area contributed by atoms with Gasteiger partial charge in [-0.05, 0) is 12.1 Å². The van der Waals surface area contributed by atoms with Crippen LogP contribution in [0, 0.1) is 5.92 Å². The molecule has 0 spiro atoms. The summed E-state index contributed by atoms with van der Waals surface area (Å²) in [5.41, 5.74) is -0.772. The number of hydrogen-bond donors (Lipinski definition) is 3. The van der Waals surface area contributed by atoms with Crippen LogP contribution in [0.1, 0.15) is 20.1 Å². The Morgan fingerprint density at radius 1 is 1.38 bits per heavy atom. The first-order valence-corrected chi connectivity index (χ1v) is 11.6. The molecule has 1 amide bonds. The molecule has 1 aliphatic heterocycles. The summed E-state index contributed by atoms with van der Waals surface area (Å²) in [5, 5.41) is 12.0. The number of nitrogens with one attached hydrogen (secondary N) is 2. The molecule has 34 heavy (non-hydrogen) atoms. The van der Waals surface area contributed by atoms with Gasteiger partial charge in [-0.15, -0.1) is 0 Å². The van der Waals surface area contributed by atoms with Crippen LogP contribution in [0.4, 0.5) is 10.3 Å². The number of para-hydroxylation sites is 1. The van der Waals surface area contributed by atoms with Gasteiger partial charge in [-0.1, -0.05) is 32.0 Å². The van der Waals surface area contributed by atoms with E-state index in [1.165, 1.54) is 10.9 Å². The largest absolute Gasteiger partial charge is 0.426 e. The van der Waals surface area contributed by atoms with E-state index in [4.69, 9.17) is 13.8 Å².